The molecule has 25 heavy (non-hydrogen) atoms. The van der Waals surface area contributed by atoms with Gasteiger partial charge in [0, 0.05) is 31.0 Å². The van der Waals surface area contributed by atoms with Crippen molar-refractivity contribution in [3.63, 3.8) is 0 Å². The molecule has 0 bridgehead atoms. The minimum Gasteiger partial charge on any atom is -0.345 e. The Labute approximate surface area is 151 Å². The minimum atomic E-state index is -0.00988. The molecule has 0 radical (unpaired) electrons. The van der Waals surface area contributed by atoms with Gasteiger partial charge in [-0.25, -0.2) is 9.67 Å². The van der Waals surface area contributed by atoms with Crippen LogP contribution in [-0.2, 0) is 17.9 Å². The number of fused-ring (bicyclic) bond motifs is 1. The summed E-state index contributed by atoms with van der Waals surface area (Å²) in [5, 5.41) is 12.1. The zero-order chi connectivity index (χ0) is 16.9. The molecule has 2 fully saturated rings. The maximum Gasteiger partial charge on any atom is 0.223 e. The van der Waals surface area contributed by atoms with Crippen molar-refractivity contribution in [3.05, 3.63) is 34.5 Å². The lowest BCUT2D eigenvalue weighted by Gasteiger charge is -2.41. The van der Waals surface area contributed by atoms with Crippen molar-refractivity contribution in [2.45, 2.75) is 44.8 Å². The van der Waals surface area contributed by atoms with Gasteiger partial charge in [-0.3, -0.25) is 9.69 Å². The van der Waals surface area contributed by atoms with Gasteiger partial charge in [-0.15, -0.1) is 0 Å². The van der Waals surface area contributed by atoms with Gasteiger partial charge in [0.1, 0.15) is 12.2 Å². The van der Waals surface area contributed by atoms with E-state index in [-0.39, 0.29) is 23.3 Å². The molecule has 3 aliphatic rings. The molecule has 6 nitrogen and oxygen atoms in total. The van der Waals surface area contributed by atoms with Crippen LogP contribution in [0, 0.1) is 11.3 Å². The number of aromatic nitrogens is 3. The summed E-state index contributed by atoms with van der Waals surface area (Å²) in [6.07, 6.45) is 5.85. The number of nitrogens with zero attached hydrogens (tertiary/aromatic N) is 4. The van der Waals surface area contributed by atoms with Crippen LogP contribution >= 0.6 is 11.3 Å². The third-order valence-corrected chi connectivity index (χ3v) is 6.76. The van der Waals surface area contributed by atoms with Crippen molar-refractivity contribution in [1.29, 1.82) is 0 Å². The Morgan fingerprint density at radius 3 is 3.04 bits per heavy atom. The maximum absolute atomic E-state index is 12.5. The fourth-order valence-corrected chi connectivity index (χ4v) is 5.10. The lowest BCUT2D eigenvalue weighted by molar-refractivity contribution is -0.124. The van der Waals surface area contributed by atoms with Gasteiger partial charge >= 0.3 is 0 Å². The first kappa shape index (κ1) is 15.5. The van der Waals surface area contributed by atoms with E-state index in [1.54, 1.807) is 17.7 Å². The second-order valence-electron chi connectivity index (χ2n) is 7.76. The summed E-state index contributed by atoms with van der Waals surface area (Å²) in [5.41, 5.74) is 1.48. The molecule has 0 aromatic carbocycles. The van der Waals surface area contributed by atoms with Gasteiger partial charge in [0.25, 0.3) is 0 Å². The Kier molecular flexibility index (Phi) is 3.67. The molecule has 4 heterocycles. The third kappa shape index (κ3) is 2.79. The van der Waals surface area contributed by atoms with Crippen LogP contribution in [0.1, 0.15) is 43.1 Å². The van der Waals surface area contributed by atoms with Gasteiger partial charge in [0.15, 0.2) is 0 Å². The molecule has 7 heteroatoms. The lowest BCUT2D eigenvalue weighted by atomic mass is 9.74. The van der Waals surface area contributed by atoms with E-state index < -0.39 is 0 Å². The predicted molar refractivity (Wildman–Crippen MR) is 94.9 cm³/mol. The van der Waals surface area contributed by atoms with Crippen LogP contribution in [0.4, 0.5) is 0 Å². The van der Waals surface area contributed by atoms with Crippen LogP contribution < -0.4 is 5.32 Å². The van der Waals surface area contributed by atoms with E-state index in [9.17, 15) is 4.79 Å². The summed E-state index contributed by atoms with van der Waals surface area (Å²) in [7, 11) is 0. The number of likely N-dealkylation sites (tertiary alicyclic amines) is 1. The molecule has 2 aliphatic heterocycles. The summed E-state index contributed by atoms with van der Waals surface area (Å²) < 4.78 is 1.98. The standard InChI is InChI=1S/C18H23N5OS/c24-17(14-1-2-14)21-15-16-19-12-20-23(16)7-5-18(15)4-6-22(11-18)9-13-3-8-25-10-13/h3,8,10,12,14-15H,1-2,4-7,9,11H2,(H,21,24)/t15-,18+/m1/s1. The monoisotopic (exact) mass is 357 g/mol. The number of rotatable bonds is 4. The van der Waals surface area contributed by atoms with E-state index in [2.05, 4.69) is 37.1 Å². The van der Waals surface area contributed by atoms with Gasteiger partial charge in [-0.05, 0) is 54.6 Å². The average Bonchev–Trinajstić information content (AvgIpc) is 2.99. The zero-order valence-electron chi connectivity index (χ0n) is 14.2. The first-order valence-electron chi connectivity index (χ1n) is 9.15. The number of amides is 1. The molecule has 2 aromatic heterocycles. The Balaban J connectivity index is 1.39. The van der Waals surface area contributed by atoms with Crippen molar-refractivity contribution in [2.75, 3.05) is 13.1 Å². The lowest BCUT2D eigenvalue weighted by Crippen LogP contribution is -2.47. The number of carbonyl (C=O) groups is 1. The van der Waals surface area contributed by atoms with Crippen molar-refractivity contribution >= 4 is 17.2 Å². The van der Waals surface area contributed by atoms with E-state index in [4.69, 9.17) is 0 Å². The first-order chi connectivity index (χ1) is 12.2. The molecular weight excluding hydrogens is 334 g/mol. The second-order valence-corrected chi connectivity index (χ2v) is 8.54. The van der Waals surface area contributed by atoms with Gasteiger partial charge < -0.3 is 5.32 Å². The van der Waals surface area contributed by atoms with E-state index in [1.165, 1.54) is 5.56 Å². The topological polar surface area (TPSA) is 63.1 Å². The fraction of sp³-hybridized carbons (Fsp3) is 0.611. The summed E-state index contributed by atoms with van der Waals surface area (Å²) in [5.74, 6) is 1.37. The normalized spacial score (nSPS) is 29.0. The quantitative estimate of drug-likeness (QED) is 0.911. The molecule has 5 rings (SSSR count). The molecule has 1 amide bonds. The smallest absolute Gasteiger partial charge is 0.223 e. The number of thiophene rings is 1. The average molecular weight is 357 g/mol. The highest BCUT2D eigenvalue weighted by Crippen LogP contribution is 2.48. The minimum absolute atomic E-state index is 0.00988. The van der Waals surface area contributed by atoms with Gasteiger partial charge in [0.05, 0.1) is 6.04 Å². The van der Waals surface area contributed by atoms with Gasteiger partial charge in [-0.1, -0.05) is 0 Å². The number of hydrogen-bond acceptors (Lipinski definition) is 5. The van der Waals surface area contributed by atoms with Gasteiger partial charge in [0.2, 0.25) is 5.91 Å². The zero-order valence-corrected chi connectivity index (χ0v) is 15.0. The second kappa shape index (κ2) is 5.92. The highest BCUT2D eigenvalue weighted by Gasteiger charge is 2.50. The molecule has 1 aliphatic carbocycles. The Bertz CT molecular complexity index is 768. The predicted octanol–water partition coefficient (Wildman–Crippen LogP) is 2.20. The molecule has 1 N–H and O–H groups in total. The van der Waals surface area contributed by atoms with E-state index in [0.29, 0.717) is 0 Å². The number of carbonyl (C=O) groups excluding carboxylic acids is 1. The Morgan fingerprint density at radius 2 is 2.24 bits per heavy atom. The van der Waals surface area contributed by atoms with E-state index in [0.717, 1.165) is 57.7 Å². The van der Waals surface area contributed by atoms with Crippen LogP contribution in [0.3, 0.4) is 0 Å². The SMILES string of the molecule is O=C(N[C@@H]1c2ncnn2CC[C@]12CCN(Cc1ccsc1)C2)C1CC1. The molecule has 2 aromatic rings. The molecule has 1 spiro atoms. The number of hydrogen-bond donors (Lipinski definition) is 1. The number of nitrogens with one attached hydrogen (secondary N) is 1. The molecular formula is C18H23N5OS. The summed E-state index contributed by atoms with van der Waals surface area (Å²) in [6, 6.07) is 2.20. The maximum atomic E-state index is 12.5. The third-order valence-electron chi connectivity index (χ3n) is 6.02. The van der Waals surface area contributed by atoms with Gasteiger partial charge in [-0.2, -0.15) is 16.4 Å². The van der Waals surface area contributed by atoms with Crippen molar-refractivity contribution in [2.24, 2.45) is 11.3 Å². The molecule has 0 unspecified atom stereocenters. The molecule has 2 atom stereocenters. The van der Waals surface area contributed by atoms with Crippen LogP contribution in [0.2, 0.25) is 0 Å². The largest absolute Gasteiger partial charge is 0.345 e. The van der Waals surface area contributed by atoms with Crippen LogP contribution in [-0.4, -0.2) is 38.7 Å². The fourth-order valence-electron chi connectivity index (χ4n) is 4.44. The highest BCUT2D eigenvalue weighted by molar-refractivity contribution is 7.07. The molecule has 132 valence electrons. The Morgan fingerprint density at radius 1 is 1.36 bits per heavy atom. The van der Waals surface area contributed by atoms with Crippen LogP contribution in [0.15, 0.2) is 23.2 Å². The van der Waals surface area contributed by atoms with Crippen molar-refractivity contribution in [3.8, 4) is 0 Å². The molecule has 1 saturated carbocycles. The number of aryl methyl sites for hydroxylation is 1. The van der Waals surface area contributed by atoms with Crippen LogP contribution in [0.25, 0.3) is 0 Å². The van der Waals surface area contributed by atoms with Crippen molar-refractivity contribution < 1.29 is 4.79 Å². The highest BCUT2D eigenvalue weighted by atomic mass is 32.1. The summed E-state index contributed by atoms with van der Waals surface area (Å²) in [4.78, 5) is 19.5. The summed E-state index contributed by atoms with van der Waals surface area (Å²) in [6.45, 7) is 4.00. The summed E-state index contributed by atoms with van der Waals surface area (Å²) >= 11 is 1.76. The van der Waals surface area contributed by atoms with E-state index in [1.807, 2.05) is 4.68 Å². The van der Waals surface area contributed by atoms with Crippen LogP contribution in [0.5, 0.6) is 0 Å². The molecule has 1 saturated heterocycles. The van der Waals surface area contributed by atoms with E-state index >= 15 is 0 Å². The first-order valence-corrected chi connectivity index (χ1v) is 10.1. The Hall–Kier alpha value is -1.73. The van der Waals surface area contributed by atoms with Crippen molar-refractivity contribution in [1.82, 2.24) is 25.0 Å².